The predicted octanol–water partition coefficient (Wildman–Crippen LogP) is -2.07. The minimum absolute atomic E-state index is 0.177. The van der Waals surface area contributed by atoms with Gasteiger partial charge in [0.1, 0.15) is 0 Å². The summed E-state index contributed by atoms with van der Waals surface area (Å²) >= 11 is 0. The van der Waals surface area contributed by atoms with Gasteiger partial charge in [-0.05, 0) is 6.54 Å². The summed E-state index contributed by atoms with van der Waals surface area (Å²) in [6.07, 6.45) is -0.776. The molecule has 0 aromatic rings. The zero-order chi connectivity index (χ0) is 13.0. The summed E-state index contributed by atoms with van der Waals surface area (Å²) in [5, 5.41) is 8.60. The van der Waals surface area contributed by atoms with E-state index in [1.165, 1.54) is 0 Å². The molecule has 16 heavy (non-hydrogen) atoms. The van der Waals surface area contributed by atoms with Crippen LogP contribution in [0, 0.1) is 0 Å². The predicted molar refractivity (Wildman–Crippen MR) is 55.6 cm³/mol. The highest BCUT2D eigenvalue weighted by Crippen LogP contribution is 2.68. The molecule has 8 N–H and O–H groups in total. The van der Waals surface area contributed by atoms with E-state index < -0.39 is 26.7 Å². The Balaban J connectivity index is 4.73. The zero-order valence-corrected chi connectivity index (χ0v) is 10.1. The van der Waals surface area contributed by atoms with Crippen LogP contribution in [0.5, 0.6) is 0 Å². The first kappa shape index (κ1) is 16.2. The smallest absolute Gasteiger partial charge is 0.367 e. The van der Waals surface area contributed by atoms with Crippen LogP contribution in [0.4, 0.5) is 0 Å². The molecule has 0 spiro atoms. The molecule has 0 aliphatic rings. The summed E-state index contributed by atoms with van der Waals surface area (Å²) in [4.78, 5) is 35.0. The summed E-state index contributed by atoms with van der Waals surface area (Å²) in [6, 6.07) is 0. The maximum absolute atomic E-state index is 10.9. The van der Waals surface area contributed by atoms with Gasteiger partial charge in [-0.15, -0.1) is 0 Å². The van der Waals surface area contributed by atoms with Crippen molar-refractivity contribution in [3.63, 3.8) is 0 Å². The second-order valence-corrected chi connectivity index (χ2v) is 7.16. The van der Waals surface area contributed by atoms with Crippen molar-refractivity contribution in [2.45, 2.75) is 11.5 Å². The molecule has 0 aromatic carbocycles. The molecule has 0 saturated carbocycles. The van der Waals surface area contributed by atoms with Crippen LogP contribution in [0.1, 0.15) is 6.42 Å². The van der Waals surface area contributed by atoms with Crippen LogP contribution in [0.2, 0.25) is 0 Å². The van der Waals surface area contributed by atoms with E-state index in [4.69, 9.17) is 25.3 Å². The van der Waals surface area contributed by atoms with E-state index in [-0.39, 0.29) is 13.1 Å². The van der Waals surface area contributed by atoms with E-state index in [9.17, 15) is 14.2 Å². The van der Waals surface area contributed by atoms with Gasteiger partial charge in [0.05, 0.1) is 0 Å². The highest BCUT2D eigenvalue weighted by atomic mass is 31.2. The number of nitrogens with two attached hydrogens (primary N) is 1. The molecule has 0 rings (SSSR count). The molecule has 0 heterocycles. The van der Waals surface area contributed by atoms with Crippen molar-refractivity contribution in [1.82, 2.24) is 5.32 Å². The summed E-state index contributed by atoms with van der Waals surface area (Å²) in [5.41, 5.74) is 5.12. The first-order chi connectivity index (χ1) is 7.06. The van der Waals surface area contributed by atoms with E-state index in [0.29, 0.717) is 6.54 Å². The lowest BCUT2D eigenvalue weighted by Gasteiger charge is -2.29. The number of nitrogens with one attached hydrogen (secondary N) is 1. The fourth-order valence-corrected chi connectivity index (χ4v) is 3.11. The molecule has 0 atom stereocenters. The van der Waals surface area contributed by atoms with E-state index in [2.05, 4.69) is 5.32 Å². The molecule has 0 aliphatic heterocycles. The fraction of sp³-hybridized carbons (Fsp3) is 1.00. The van der Waals surface area contributed by atoms with Crippen LogP contribution in [-0.4, -0.2) is 49.4 Å². The summed E-state index contributed by atoms with van der Waals surface area (Å²) in [5.74, 6) is 0. The lowest BCUT2D eigenvalue weighted by molar-refractivity contribution is 0.123. The second kappa shape index (κ2) is 5.68. The van der Waals surface area contributed by atoms with Gasteiger partial charge in [-0.2, -0.15) is 0 Å². The van der Waals surface area contributed by atoms with Crippen molar-refractivity contribution in [1.29, 1.82) is 0 Å². The molecule has 0 fully saturated rings. The van der Waals surface area contributed by atoms with E-state index >= 15 is 0 Å². The second-order valence-electron chi connectivity index (χ2n) is 3.15. The maximum Gasteiger partial charge on any atom is 0.369 e. The highest BCUT2D eigenvalue weighted by molar-refractivity contribution is 7.72. The first-order valence-electron chi connectivity index (χ1n) is 4.30. The average molecular weight is 278 g/mol. The molecule has 0 unspecified atom stereocenters. The third-order valence-electron chi connectivity index (χ3n) is 1.89. The van der Waals surface area contributed by atoms with E-state index in [0.717, 1.165) is 0 Å². The van der Waals surface area contributed by atoms with Gasteiger partial charge in [0.2, 0.25) is 0 Å². The average Bonchev–Trinajstić information content (AvgIpc) is 2.08. The SMILES string of the molecule is NCCNCCC(O)(P(=O)(O)O)P(=O)(O)O. The minimum atomic E-state index is -5.34. The van der Waals surface area contributed by atoms with Gasteiger partial charge in [-0.3, -0.25) is 9.13 Å². The van der Waals surface area contributed by atoms with Gasteiger partial charge in [0.15, 0.2) is 0 Å². The van der Waals surface area contributed by atoms with E-state index in [1.54, 1.807) is 0 Å². The molecular formula is C5H16N2O7P2. The first-order valence-corrected chi connectivity index (χ1v) is 7.53. The fourth-order valence-electron chi connectivity index (χ4n) is 0.944. The van der Waals surface area contributed by atoms with Gasteiger partial charge in [0.25, 0.3) is 5.08 Å². The number of hydrogen-bond acceptors (Lipinski definition) is 5. The Labute approximate surface area is 92.0 Å². The standard InChI is InChI=1S/C5H16N2O7P2/c6-2-4-7-3-1-5(8,15(9,10)11)16(12,13)14/h7-8H,1-4,6H2,(H2,9,10,11)(H2,12,13,14). The monoisotopic (exact) mass is 278 g/mol. The number of hydrogen-bond donors (Lipinski definition) is 7. The highest BCUT2D eigenvalue weighted by Gasteiger charge is 2.58. The van der Waals surface area contributed by atoms with Crippen LogP contribution in [0.3, 0.4) is 0 Å². The van der Waals surface area contributed by atoms with Gasteiger partial charge in [0, 0.05) is 19.5 Å². The third kappa shape index (κ3) is 3.89. The largest absolute Gasteiger partial charge is 0.369 e. The molecular weight excluding hydrogens is 262 g/mol. The Kier molecular flexibility index (Phi) is 5.74. The summed E-state index contributed by atoms with van der Waals surface area (Å²) in [7, 11) is -10.7. The molecule has 11 heteroatoms. The lowest BCUT2D eigenvalue weighted by Crippen LogP contribution is -2.34. The molecule has 98 valence electrons. The molecule has 0 saturated heterocycles. The maximum atomic E-state index is 10.9. The minimum Gasteiger partial charge on any atom is -0.367 e. The topological polar surface area (TPSA) is 173 Å². The van der Waals surface area contributed by atoms with Crippen molar-refractivity contribution < 1.29 is 33.8 Å². The molecule has 0 bridgehead atoms. The summed E-state index contributed by atoms with van der Waals surface area (Å²) in [6.45, 7) is 0.382. The quantitative estimate of drug-likeness (QED) is 0.204. The normalized spacial score (nSPS) is 14.1. The van der Waals surface area contributed by atoms with Crippen LogP contribution in [0.25, 0.3) is 0 Å². The Hall–Kier alpha value is 0.180. The summed E-state index contributed by atoms with van der Waals surface area (Å²) < 4.78 is 21.7. The molecule has 9 nitrogen and oxygen atoms in total. The Morgan fingerprint density at radius 2 is 1.50 bits per heavy atom. The lowest BCUT2D eigenvalue weighted by atomic mass is 10.4. The third-order valence-corrected chi connectivity index (χ3v) is 5.77. The molecule has 0 radical (unpaired) electrons. The van der Waals surface area contributed by atoms with Crippen molar-refractivity contribution in [3.8, 4) is 0 Å². The Bertz CT molecular complexity index is 288. The van der Waals surface area contributed by atoms with Gasteiger partial charge >= 0.3 is 15.2 Å². The van der Waals surface area contributed by atoms with Crippen molar-refractivity contribution in [3.05, 3.63) is 0 Å². The van der Waals surface area contributed by atoms with Crippen LogP contribution < -0.4 is 11.1 Å². The van der Waals surface area contributed by atoms with Crippen molar-refractivity contribution >= 4 is 15.2 Å². The van der Waals surface area contributed by atoms with Crippen LogP contribution in [-0.2, 0) is 9.13 Å². The van der Waals surface area contributed by atoms with Crippen LogP contribution >= 0.6 is 15.2 Å². The molecule has 0 aromatic heterocycles. The Morgan fingerprint density at radius 1 is 1.06 bits per heavy atom. The number of rotatable bonds is 7. The van der Waals surface area contributed by atoms with Crippen molar-refractivity contribution in [2.75, 3.05) is 19.6 Å². The van der Waals surface area contributed by atoms with Gasteiger partial charge in [-0.1, -0.05) is 0 Å². The van der Waals surface area contributed by atoms with Gasteiger partial charge in [-0.25, -0.2) is 0 Å². The van der Waals surface area contributed by atoms with Gasteiger partial charge < -0.3 is 35.7 Å². The molecule has 0 amide bonds. The van der Waals surface area contributed by atoms with E-state index in [1.807, 2.05) is 0 Å². The number of aliphatic hydroxyl groups is 1. The van der Waals surface area contributed by atoms with Crippen molar-refractivity contribution in [2.24, 2.45) is 5.73 Å². The molecule has 0 aliphatic carbocycles. The zero-order valence-electron chi connectivity index (χ0n) is 8.35. The van der Waals surface area contributed by atoms with Crippen LogP contribution in [0.15, 0.2) is 0 Å². The Morgan fingerprint density at radius 3 is 1.81 bits per heavy atom.